The summed E-state index contributed by atoms with van der Waals surface area (Å²) in [7, 11) is 0. The fourth-order valence-corrected chi connectivity index (χ4v) is 6.32. The molecule has 3 N–H and O–H groups in total. The quantitative estimate of drug-likeness (QED) is 0.192. The molecule has 0 saturated carbocycles. The van der Waals surface area contributed by atoms with Crippen molar-refractivity contribution in [2.45, 2.75) is 39.3 Å². The van der Waals surface area contributed by atoms with Crippen molar-refractivity contribution in [3.63, 3.8) is 0 Å². The van der Waals surface area contributed by atoms with Crippen molar-refractivity contribution in [2.75, 3.05) is 26.2 Å². The molecular formula is C37H38N6O2. The summed E-state index contributed by atoms with van der Waals surface area (Å²) in [6.45, 7) is 6.24. The first kappa shape index (κ1) is 29.9. The van der Waals surface area contributed by atoms with Crippen LogP contribution in [0.2, 0.25) is 0 Å². The molecule has 3 aromatic carbocycles. The highest BCUT2D eigenvalue weighted by Crippen LogP contribution is 2.30. The fraction of sp³-hybridized carbons (Fsp3) is 0.270. The van der Waals surface area contributed by atoms with Gasteiger partial charge in [-0.05, 0) is 66.3 Å². The Morgan fingerprint density at radius 3 is 2.56 bits per heavy atom. The fourth-order valence-electron chi connectivity index (χ4n) is 6.32. The maximum absolute atomic E-state index is 13.5. The molecule has 5 aromatic rings. The highest BCUT2D eigenvalue weighted by Gasteiger charge is 2.23. The van der Waals surface area contributed by atoms with Gasteiger partial charge in [-0.25, -0.2) is 0 Å². The van der Waals surface area contributed by atoms with Crippen molar-refractivity contribution in [1.29, 1.82) is 5.26 Å². The molecule has 1 atom stereocenters. The molecule has 6 rings (SSSR count). The van der Waals surface area contributed by atoms with Crippen molar-refractivity contribution in [3.8, 4) is 6.07 Å². The smallest absolute Gasteiger partial charge is 0.234 e. The van der Waals surface area contributed by atoms with E-state index >= 15 is 0 Å². The van der Waals surface area contributed by atoms with Crippen molar-refractivity contribution in [2.24, 2.45) is 0 Å². The number of benzene rings is 3. The Bertz CT molecular complexity index is 1930. The van der Waals surface area contributed by atoms with Crippen molar-refractivity contribution in [3.05, 3.63) is 113 Å². The summed E-state index contributed by atoms with van der Waals surface area (Å²) in [6, 6.07) is 23.9. The maximum Gasteiger partial charge on any atom is 0.234 e. The molecule has 3 heterocycles. The Balaban J connectivity index is 1.16. The molecule has 1 aliphatic rings. The summed E-state index contributed by atoms with van der Waals surface area (Å²) in [5.74, 6) is -0.0776. The maximum atomic E-state index is 13.5. The van der Waals surface area contributed by atoms with E-state index in [2.05, 4.69) is 57.5 Å². The largest absolute Gasteiger partial charge is 0.361 e. The van der Waals surface area contributed by atoms with Crippen LogP contribution in [-0.4, -0.2) is 63.8 Å². The predicted octanol–water partition coefficient (Wildman–Crippen LogP) is 5.69. The van der Waals surface area contributed by atoms with Crippen molar-refractivity contribution in [1.82, 2.24) is 25.1 Å². The van der Waals surface area contributed by atoms with Gasteiger partial charge >= 0.3 is 0 Å². The van der Waals surface area contributed by atoms with Gasteiger partial charge in [-0.1, -0.05) is 48.5 Å². The van der Waals surface area contributed by atoms with Crippen LogP contribution in [0.5, 0.6) is 0 Å². The molecule has 8 nitrogen and oxygen atoms in total. The Morgan fingerprint density at radius 2 is 1.78 bits per heavy atom. The van der Waals surface area contributed by atoms with E-state index in [4.69, 9.17) is 0 Å². The number of nitrogens with zero attached hydrogens (tertiary/aromatic N) is 3. The van der Waals surface area contributed by atoms with Crippen molar-refractivity contribution >= 4 is 39.2 Å². The Hall–Kier alpha value is -5.13. The van der Waals surface area contributed by atoms with Crippen molar-refractivity contribution < 1.29 is 9.59 Å². The Kier molecular flexibility index (Phi) is 8.81. The lowest BCUT2D eigenvalue weighted by atomic mass is 9.98. The van der Waals surface area contributed by atoms with Crippen LogP contribution < -0.4 is 5.32 Å². The predicted molar refractivity (Wildman–Crippen MR) is 178 cm³/mol. The summed E-state index contributed by atoms with van der Waals surface area (Å²) < 4.78 is 0. The summed E-state index contributed by atoms with van der Waals surface area (Å²) in [6.07, 6.45) is 7.60. The van der Waals surface area contributed by atoms with Gasteiger partial charge in [0.1, 0.15) is 0 Å². The number of hydrogen-bond donors (Lipinski definition) is 3. The number of aromatic amines is 2. The molecule has 45 heavy (non-hydrogen) atoms. The number of hydrogen-bond acceptors (Lipinski definition) is 4. The van der Waals surface area contributed by atoms with Crippen LogP contribution in [0.25, 0.3) is 27.4 Å². The highest BCUT2D eigenvalue weighted by molar-refractivity contribution is 5.93. The molecule has 228 valence electrons. The number of amides is 2. The number of carbonyl (C=O) groups is 2. The molecule has 0 spiro atoms. The Morgan fingerprint density at radius 1 is 1.00 bits per heavy atom. The number of carbonyl (C=O) groups excluding carboxylic acids is 2. The third-order valence-corrected chi connectivity index (χ3v) is 8.83. The topological polar surface area (TPSA) is 108 Å². The van der Waals surface area contributed by atoms with Gasteiger partial charge in [-0.2, -0.15) is 5.26 Å². The van der Waals surface area contributed by atoms with E-state index in [9.17, 15) is 14.9 Å². The third kappa shape index (κ3) is 6.84. The van der Waals surface area contributed by atoms with Gasteiger partial charge in [0.2, 0.25) is 11.8 Å². The number of aromatic nitrogens is 2. The minimum absolute atomic E-state index is 0.0238. The standard InChI is InChI=1S/C37H38N6O2/c1-25-7-3-4-8-29(25)22-43(26(2)44)23-31(18-30-20-39-35-10-6-5-9-32(30)35)41-37(45)24-42-15-13-28(14-16-42)34-21-40-36-12-11-27(19-38)17-33(34)36/h3-13,17,20-21,31,39-40H,14-16,18,22-24H2,1-2H3,(H,41,45)/t31-/m1/s1. The second-order valence-electron chi connectivity index (χ2n) is 11.9. The SMILES string of the molecule is CC(=O)N(Cc1ccccc1C)C[C@@H](Cc1c[nH]c2ccccc12)NC(=O)CN1CC=C(c2c[nH]c3ccc(C#N)cc23)CC1. The van der Waals surface area contributed by atoms with E-state index in [1.807, 2.05) is 65.8 Å². The molecule has 0 unspecified atom stereocenters. The van der Waals surface area contributed by atoms with Gasteiger partial charge in [0.25, 0.3) is 0 Å². The summed E-state index contributed by atoms with van der Waals surface area (Å²) >= 11 is 0. The van der Waals surface area contributed by atoms with Gasteiger partial charge in [-0.15, -0.1) is 0 Å². The molecule has 2 amide bonds. The second kappa shape index (κ2) is 13.2. The highest BCUT2D eigenvalue weighted by atomic mass is 16.2. The van der Waals surface area contributed by atoms with Crippen LogP contribution in [0.1, 0.15) is 41.2 Å². The van der Waals surface area contributed by atoms with Gasteiger partial charge in [-0.3, -0.25) is 14.5 Å². The first-order chi connectivity index (χ1) is 21.9. The zero-order chi connectivity index (χ0) is 31.3. The van der Waals surface area contributed by atoms with E-state index < -0.39 is 0 Å². The van der Waals surface area contributed by atoms with Crippen LogP contribution in [0, 0.1) is 18.3 Å². The zero-order valence-corrected chi connectivity index (χ0v) is 25.8. The molecule has 1 aliphatic heterocycles. The summed E-state index contributed by atoms with van der Waals surface area (Å²) in [4.78, 5) is 37.0. The lowest BCUT2D eigenvalue weighted by Gasteiger charge is -2.30. The number of nitrogens with one attached hydrogen (secondary N) is 3. The normalized spacial score (nSPS) is 14.2. The molecule has 0 radical (unpaired) electrons. The van der Waals surface area contributed by atoms with Gasteiger partial charge < -0.3 is 20.2 Å². The molecule has 8 heteroatoms. The molecule has 0 saturated heterocycles. The van der Waals surface area contributed by atoms with Gasteiger partial charge in [0, 0.05) is 72.9 Å². The van der Waals surface area contributed by atoms with E-state index in [1.54, 1.807) is 6.92 Å². The lowest BCUT2D eigenvalue weighted by Crippen LogP contribution is -2.49. The minimum atomic E-state index is -0.263. The van der Waals surface area contributed by atoms with Gasteiger partial charge in [0.15, 0.2) is 0 Å². The number of aryl methyl sites for hydroxylation is 1. The lowest BCUT2D eigenvalue weighted by molar-refractivity contribution is -0.131. The first-order valence-corrected chi connectivity index (χ1v) is 15.5. The minimum Gasteiger partial charge on any atom is -0.361 e. The zero-order valence-electron chi connectivity index (χ0n) is 25.8. The summed E-state index contributed by atoms with van der Waals surface area (Å²) in [5.41, 5.74) is 8.38. The van der Waals surface area contributed by atoms with Crippen LogP contribution in [0.3, 0.4) is 0 Å². The molecule has 0 aliphatic carbocycles. The second-order valence-corrected chi connectivity index (χ2v) is 11.9. The van der Waals surface area contributed by atoms with Crippen LogP contribution >= 0.6 is 0 Å². The third-order valence-electron chi connectivity index (χ3n) is 8.83. The summed E-state index contributed by atoms with van der Waals surface area (Å²) in [5, 5.41) is 14.8. The average molecular weight is 599 g/mol. The van der Waals surface area contributed by atoms with Crippen LogP contribution in [-0.2, 0) is 22.6 Å². The number of para-hydroxylation sites is 1. The van der Waals surface area contributed by atoms with Crippen LogP contribution in [0.4, 0.5) is 0 Å². The van der Waals surface area contributed by atoms with E-state index in [0.717, 1.165) is 57.0 Å². The first-order valence-electron chi connectivity index (χ1n) is 15.5. The van der Waals surface area contributed by atoms with E-state index in [-0.39, 0.29) is 24.4 Å². The molecule has 0 fully saturated rings. The molecular weight excluding hydrogens is 560 g/mol. The molecule has 0 bridgehead atoms. The number of nitriles is 1. The van der Waals surface area contributed by atoms with Gasteiger partial charge in [0.05, 0.1) is 24.2 Å². The van der Waals surface area contributed by atoms with Crippen LogP contribution in [0.15, 0.2) is 85.2 Å². The average Bonchev–Trinajstić information content (AvgIpc) is 3.66. The van der Waals surface area contributed by atoms with E-state index in [1.165, 1.54) is 5.57 Å². The van der Waals surface area contributed by atoms with E-state index in [0.29, 0.717) is 31.6 Å². The number of rotatable bonds is 10. The number of H-pyrrole nitrogens is 2. The Labute approximate surface area is 263 Å². The number of fused-ring (bicyclic) bond motifs is 2. The monoisotopic (exact) mass is 598 g/mol. The molecule has 2 aromatic heterocycles.